The molecule has 6 nitrogen and oxygen atoms in total. The van der Waals surface area contributed by atoms with Crippen LogP contribution in [0.25, 0.3) is 0 Å². The number of hydrogen-bond donors (Lipinski definition) is 2. The Morgan fingerprint density at radius 1 is 1.04 bits per heavy atom. The minimum absolute atomic E-state index is 0.156. The van der Waals surface area contributed by atoms with Gasteiger partial charge in [0.15, 0.2) is 0 Å². The molecule has 1 aromatic carbocycles. The third-order valence-corrected chi connectivity index (χ3v) is 4.40. The minimum atomic E-state index is -0.156. The lowest BCUT2D eigenvalue weighted by atomic mass is 10.2. The van der Waals surface area contributed by atoms with Crippen molar-refractivity contribution in [1.82, 2.24) is 15.3 Å². The zero-order valence-electron chi connectivity index (χ0n) is 16.9. The number of aromatic nitrogens is 2. The Morgan fingerprint density at radius 2 is 1.74 bits per heavy atom. The minimum Gasteiger partial charge on any atom is -0.372 e. The van der Waals surface area contributed by atoms with Crippen molar-refractivity contribution in [2.45, 2.75) is 47.0 Å². The molecule has 1 heterocycles. The van der Waals surface area contributed by atoms with E-state index in [1.54, 1.807) is 6.07 Å². The molecule has 0 fully saturated rings. The molecule has 0 unspecified atom stereocenters. The standard InChI is InChI=1S/C21H31N5O/c1-5-8-9-14-22-20(27)19-15-16(4)23-21(25-19)24-17-10-12-18(13-11-17)26(6-2)7-3/h10-13,15H,5-9,14H2,1-4H3,(H,22,27)(H,23,24,25). The molecule has 0 atom stereocenters. The number of amides is 1. The predicted molar refractivity (Wildman–Crippen MR) is 112 cm³/mol. The summed E-state index contributed by atoms with van der Waals surface area (Å²) < 4.78 is 0. The van der Waals surface area contributed by atoms with Crippen molar-refractivity contribution >= 4 is 23.2 Å². The maximum absolute atomic E-state index is 12.3. The van der Waals surface area contributed by atoms with Gasteiger partial charge in [0.1, 0.15) is 5.69 Å². The van der Waals surface area contributed by atoms with Gasteiger partial charge in [0.05, 0.1) is 0 Å². The van der Waals surface area contributed by atoms with Gasteiger partial charge in [-0.25, -0.2) is 9.97 Å². The third kappa shape index (κ3) is 6.24. The first-order valence-electron chi connectivity index (χ1n) is 9.83. The monoisotopic (exact) mass is 369 g/mol. The van der Waals surface area contributed by atoms with Crippen LogP contribution in [0.5, 0.6) is 0 Å². The van der Waals surface area contributed by atoms with Gasteiger partial charge >= 0.3 is 0 Å². The highest BCUT2D eigenvalue weighted by atomic mass is 16.1. The van der Waals surface area contributed by atoms with Gasteiger partial charge in [0.2, 0.25) is 5.95 Å². The van der Waals surface area contributed by atoms with E-state index in [-0.39, 0.29) is 5.91 Å². The number of hydrogen-bond acceptors (Lipinski definition) is 5. The molecule has 0 aliphatic heterocycles. The fraction of sp³-hybridized carbons (Fsp3) is 0.476. The molecule has 146 valence electrons. The lowest BCUT2D eigenvalue weighted by Gasteiger charge is -2.21. The van der Waals surface area contributed by atoms with E-state index in [1.165, 1.54) is 5.69 Å². The van der Waals surface area contributed by atoms with E-state index in [1.807, 2.05) is 19.1 Å². The molecule has 6 heteroatoms. The Balaban J connectivity index is 2.06. The number of nitrogens with one attached hydrogen (secondary N) is 2. The van der Waals surface area contributed by atoms with Crippen molar-refractivity contribution < 1.29 is 4.79 Å². The molecule has 0 saturated carbocycles. The number of benzene rings is 1. The number of carbonyl (C=O) groups excluding carboxylic acids is 1. The van der Waals surface area contributed by atoms with E-state index in [0.717, 1.165) is 43.7 Å². The van der Waals surface area contributed by atoms with Gasteiger partial charge in [-0.05, 0) is 57.5 Å². The lowest BCUT2D eigenvalue weighted by molar-refractivity contribution is 0.0948. The first-order chi connectivity index (χ1) is 13.1. The van der Waals surface area contributed by atoms with E-state index in [2.05, 4.69) is 58.4 Å². The largest absolute Gasteiger partial charge is 0.372 e. The summed E-state index contributed by atoms with van der Waals surface area (Å²) in [7, 11) is 0. The van der Waals surface area contributed by atoms with Crippen molar-refractivity contribution in [2.24, 2.45) is 0 Å². The number of rotatable bonds is 10. The normalized spacial score (nSPS) is 10.5. The molecule has 0 aliphatic rings. The van der Waals surface area contributed by atoms with Crippen LogP contribution in [0.4, 0.5) is 17.3 Å². The van der Waals surface area contributed by atoms with Crippen LogP contribution in [0.3, 0.4) is 0 Å². The second-order valence-electron chi connectivity index (χ2n) is 6.53. The van der Waals surface area contributed by atoms with E-state index < -0.39 is 0 Å². The van der Waals surface area contributed by atoms with Crippen LogP contribution in [-0.4, -0.2) is 35.5 Å². The maximum Gasteiger partial charge on any atom is 0.270 e. The number of aryl methyl sites for hydroxylation is 1. The fourth-order valence-electron chi connectivity index (χ4n) is 2.88. The number of carbonyl (C=O) groups is 1. The Morgan fingerprint density at radius 3 is 2.37 bits per heavy atom. The van der Waals surface area contributed by atoms with Crippen LogP contribution in [-0.2, 0) is 0 Å². The van der Waals surface area contributed by atoms with Crippen molar-refractivity contribution in [2.75, 3.05) is 29.9 Å². The van der Waals surface area contributed by atoms with E-state index >= 15 is 0 Å². The highest BCUT2D eigenvalue weighted by Gasteiger charge is 2.10. The molecule has 0 saturated heterocycles. The Bertz CT molecular complexity index is 726. The molecule has 27 heavy (non-hydrogen) atoms. The molecule has 1 aromatic heterocycles. The Hall–Kier alpha value is -2.63. The average molecular weight is 370 g/mol. The van der Waals surface area contributed by atoms with E-state index in [0.29, 0.717) is 18.2 Å². The van der Waals surface area contributed by atoms with Gasteiger partial charge in [-0.1, -0.05) is 19.8 Å². The predicted octanol–water partition coefficient (Wildman–Crippen LogP) is 4.29. The second kappa shape index (κ2) is 10.5. The zero-order chi connectivity index (χ0) is 19.6. The van der Waals surface area contributed by atoms with Crippen molar-refractivity contribution in [1.29, 1.82) is 0 Å². The molecule has 2 N–H and O–H groups in total. The van der Waals surface area contributed by atoms with Crippen LogP contribution < -0.4 is 15.5 Å². The summed E-state index contributed by atoms with van der Waals surface area (Å²) in [5.41, 5.74) is 3.22. The molecule has 0 bridgehead atoms. The summed E-state index contributed by atoms with van der Waals surface area (Å²) in [5.74, 6) is 0.279. The summed E-state index contributed by atoms with van der Waals surface area (Å²) in [4.78, 5) is 23.4. The molecule has 0 radical (unpaired) electrons. The van der Waals surface area contributed by atoms with Crippen LogP contribution in [0, 0.1) is 6.92 Å². The van der Waals surface area contributed by atoms with Crippen molar-refractivity contribution in [3.05, 3.63) is 41.7 Å². The summed E-state index contributed by atoms with van der Waals surface area (Å²) in [5, 5.41) is 6.12. The van der Waals surface area contributed by atoms with Crippen molar-refractivity contribution in [3.63, 3.8) is 0 Å². The second-order valence-corrected chi connectivity index (χ2v) is 6.53. The van der Waals surface area contributed by atoms with Gasteiger partial charge in [-0.2, -0.15) is 0 Å². The SMILES string of the molecule is CCCCCNC(=O)c1cc(C)nc(Nc2ccc(N(CC)CC)cc2)n1. The smallest absolute Gasteiger partial charge is 0.270 e. The van der Waals surface area contributed by atoms with Crippen LogP contribution in [0.1, 0.15) is 56.2 Å². The van der Waals surface area contributed by atoms with Gasteiger partial charge < -0.3 is 15.5 Å². The molecular formula is C21H31N5O. The lowest BCUT2D eigenvalue weighted by Crippen LogP contribution is -2.26. The van der Waals surface area contributed by atoms with E-state index in [4.69, 9.17) is 0 Å². The number of anilines is 3. The number of unbranched alkanes of at least 4 members (excludes halogenated alkanes) is 2. The number of nitrogens with zero attached hydrogens (tertiary/aromatic N) is 3. The third-order valence-electron chi connectivity index (χ3n) is 4.40. The quantitative estimate of drug-likeness (QED) is 0.611. The van der Waals surface area contributed by atoms with Gasteiger partial charge in [-0.15, -0.1) is 0 Å². The molecular weight excluding hydrogens is 338 g/mol. The highest BCUT2D eigenvalue weighted by Crippen LogP contribution is 2.20. The molecule has 2 rings (SSSR count). The Labute approximate surface area is 162 Å². The maximum atomic E-state index is 12.3. The fourth-order valence-corrected chi connectivity index (χ4v) is 2.88. The molecule has 2 aromatic rings. The topological polar surface area (TPSA) is 70.2 Å². The average Bonchev–Trinajstić information content (AvgIpc) is 2.67. The van der Waals surface area contributed by atoms with Gasteiger partial charge in [-0.3, -0.25) is 4.79 Å². The highest BCUT2D eigenvalue weighted by molar-refractivity contribution is 5.92. The van der Waals surface area contributed by atoms with E-state index in [9.17, 15) is 4.79 Å². The van der Waals surface area contributed by atoms with Crippen molar-refractivity contribution in [3.8, 4) is 0 Å². The summed E-state index contributed by atoms with van der Waals surface area (Å²) >= 11 is 0. The Kier molecular flexibility index (Phi) is 8.04. The molecule has 0 spiro atoms. The summed E-state index contributed by atoms with van der Waals surface area (Å²) in [6.07, 6.45) is 3.22. The molecule has 0 aliphatic carbocycles. The van der Waals surface area contributed by atoms with Crippen LogP contribution in [0.2, 0.25) is 0 Å². The summed E-state index contributed by atoms with van der Waals surface area (Å²) in [6.45, 7) is 10.9. The zero-order valence-corrected chi connectivity index (χ0v) is 16.9. The molecule has 1 amide bonds. The first kappa shape index (κ1) is 20.7. The first-order valence-corrected chi connectivity index (χ1v) is 9.83. The van der Waals surface area contributed by atoms with Crippen LogP contribution >= 0.6 is 0 Å². The van der Waals surface area contributed by atoms with Crippen LogP contribution in [0.15, 0.2) is 30.3 Å². The summed E-state index contributed by atoms with van der Waals surface area (Å²) in [6, 6.07) is 9.87. The van der Waals surface area contributed by atoms with Gasteiger partial charge in [0.25, 0.3) is 5.91 Å². The van der Waals surface area contributed by atoms with Gasteiger partial charge in [0, 0.05) is 36.7 Å².